The standard InChI is InChI=1S/C12H27N3.Al.H/c1-12(2,3)14-9-7-11-15(5)10-6-8-13-4;;/h6-11H2,1-5H3;;/q-2;+2;. The van der Waals surface area contributed by atoms with Crippen molar-refractivity contribution in [2.75, 3.05) is 40.3 Å². The minimum atomic E-state index is -0.221. The highest BCUT2D eigenvalue weighted by atomic mass is 27.1. The van der Waals surface area contributed by atoms with Crippen LogP contribution >= 0.6 is 0 Å². The molecule has 1 aliphatic heterocycles. The van der Waals surface area contributed by atoms with Crippen molar-refractivity contribution in [1.82, 2.24) is 12.7 Å². The van der Waals surface area contributed by atoms with Crippen LogP contribution in [0.4, 0.5) is 0 Å². The van der Waals surface area contributed by atoms with Gasteiger partial charge in [-0.2, -0.15) is 0 Å². The first-order chi connectivity index (χ1) is 7.39. The third kappa shape index (κ3) is 5.16. The van der Waals surface area contributed by atoms with Crippen LogP contribution in [-0.2, 0) is 0 Å². The zero-order valence-electron chi connectivity index (χ0n) is 11.8. The quantitative estimate of drug-likeness (QED) is 0.586. The monoisotopic (exact) mass is 241 g/mol. The Labute approximate surface area is 108 Å². The summed E-state index contributed by atoms with van der Waals surface area (Å²) in [4.78, 5) is 2.47. The van der Waals surface area contributed by atoms with E-state index in [0.29, 0.717) is 5.54 Å². The van der Waals surface area contributed by atoms with Gasteiger partial charge in [-0.15, -0.1) is 0 Å². The van der Waals surface area contributed by atoms with E-state index in [0.717, 1.165) is 0 Å². The molecule has 0 amide bonds. The van der Waals surface area contributed by atoms with Gasteiger partial charge in [0.2, 0.25) is 0 Å². The van der Waals surface area contributed by atoms with Crippen LogP contribution in [0.3, 0.4) is 0 Å². The first kappa shape index (κ1) is 14.5. The van der Waals surface area contributed by atoms with E-state index in [4.69, 9.17) is 0 Å². The van der Waals surface area contributed by atoms with Crippen LogP contribution in [0.25, 0.3) is 0 Å². The fraction of sp³-hybridized carbons (Fsp3) is 1.00. The summed E-state index contributed by atoms with van der Waals surface area (Å²) in [6, 6.07) is 0. The molecule has 3 nitrogen and oxygen atoms in total. The van der Waals surface area contributed by atoms with E-state index < -0.39 is 0 Å². The van der Waals surface area contributed by atoms with Crippen LogP contribution < -0.4 is 0 Å². The van der Waals surface area contributed by atoms with Gasteiger partial charge in [-0.1, -0.05) is 0 Å². The van der Waals surface area contributed by atoms with Crippen molar-refractivity contribution in [3.05, 3.63) is 0 Å². The molecule has 1 fully saturated rings. The maximum absolute atomic E-state index is 2.73. The third-order valence-electron chi connectivity index (χ3n) is 3.41. The minimum absolute atomic E-state index is 0.221. The van der Waals surface area contributed by atoms with E-state index in [-0.39, 0.29) is 15.7 Å². The van der Waals surface area contributed by atoms with Gasteiger partial charge in [0, 0.05) is 0 Å². The Morgan fingerprint density at radius 1 is 0.875 bits per heavy atom. The Kier molecular flexibility index (Phi) is 5.77. The molecule has 1 rings (SSSR count). The molecule has 0 bridgehead atoms. The topological polar surface area (TPSA) is 9.72 Å². The predicted molar refractivity (Wildman–Crippen MR) is 73.0 cm³/mol. The lowest BCUT2D eigenvalue weighted by Gasteiger charge is -2.39. The lowest BCUT2D eigenvalue weighted by molar-refractivity contribution is 0.208. The summed E-state index contributed by atoms with van der Waals surface area (Å²) in [6.07, 6.45) is 2.63. The van der Waals surface area contributed by atoms with Gasteiger partial charge in [-0.05, 0) is 79.4 Å². The normalized spacial score (nSPS) is 24.1. The Balaban J connectivity index is 2.56. The molecule has 0 aliphatic carbocycles. The van der Waals surface area contributed by atoms with Crippen molar-refractivity contribution in [1.29, 1.82) is 0 Å². The van der Waals surface area contributed by atoms with Gasteiger partial charge in [0.05, 0.1) is 0 Å². The lowest BCUT2D eigenvalue weighted by Crippen LogP contribution is -2.51. The van der Waals surface area contributed by atoms with Gasteiger partial charge >= 0.3 is 15.7 Å². The molecule has 94 valence electrons. The average Bonchev–Trinajstić information content (AvgIpc) is 2.14. The van der Waals surface area contributed by atoms with Gasteiger partial charge in [-0.3, -0.25) is 0 Å². The molecule has 4 heteroatoms. The number of nitrogens with zero attached hydrogens (tertiary/aromatic N) is 3. The number of hydrogen-bond donors (Lipinski definition) is 0. The van der Waals surface area contributed by atoms with Crippen LogP contribution in [0, 0.1) is 0 Å². The van der Waals surface area contributed by atoms with E-state index >= 15 is 0 Å². The van der Waals surface area contributed by atoms with E-state index in [2.05, 4.69) is 47.5 Å². The Morgan fingerprint density at radius 3 is 2.00 bits per heavy atom. The highest BCUT2D eigenvalue weighted by molar-refractivity contribution is 6.28. The largest absolute Gasteiger partial charge is 0.463 e. The van der Waals surface area contributed by atoms with Gasteiger partial charge in [-0.25, -0.2) is 0 Å². The molecule has 1 aliphatic rings. The third-order valence-corrected chi connectivity index (χ3v) is 5.81. The van der Waals surface area contributed by atoms with Gasteiger partial charge < -0.3 is 12.7 Å². The van der Waals surface area contributed by atoms with Gasteiger partial charge in [0.15, 0.2) is 0 Å². The second-order valence-corrected chi connectivity index (χ2v) is 8.29. The minimum Gasteiger partial charge on any atom is -0.377 e. The summed E-state index contributed by atoms with van der Waals surface area (Å²) < 4.78 is 5.32. The summed E-state index contributed by atoms with van der Waals surface area (Å²) >= 11 is -0.221. The fourth-order valence-corrected chi connectivity index (χ4v) is 3.97. The maximum atomic E-state index is 2.73. The first-order valence-electron chi connectivity index (χ1n) is 6.52. The average molecular weight is 241 g/mol. The van der Waals surface area contributed by atoms with Crippen LogP contribution in [-0.4, -0.2) is 74.1 Å². The first-order valence-corrected chi connectivity index (χ1v) is 7.78. The molecule has 0 aromatic heterocycles. The fourth-order valence-electron chi connectivity index (χ4n) is 2.23. The van der Waals surface area contributed by atoms with Gasteiger partial charge in [0.1, 0.15) is 0 Å². The zero-order chi connectivity index (χ0) is 12.2. The summed E-state index contributed by atoms with van der Waals surface area (Å²) in [6.45, 7) is 12.1. The highest BCUT2D eigenvalue weighted by Crippen LogP contribution is 2.13. The van der Waals surface area contributed by atoms with Crippen molar-refractivity contribution in [2.45, 2.75) is 39.2 Å². The molecule has 0 aromatic rings. The molecule has 0 spiro atoms. The summed E-state index contributed by atoms with van der Waals surface area (Å²) in [7, 11) is 4.55. The molecular weight excluding hydrogens is 213 g/mol. The maximum Gasteiger partial charge on any atom is 0.463 e. The smallest absolute Gasteiger partial charge is 0.377 e. The lowest BCUT2D eigenvalue weighted by atomic mass is 10.1. The molecular formula is C12H28AlN3. The van der Waals surface area contributed by atoms with Crippen molar-refractivity contribution in [3.8, 4) is 0 Å². The van der Waals surface area contributed by atoms with Crippen LogP contribution in [0.15, 0.2) is 0 Å². The number of hydrogen-bond acceptors (Lipinski definition) is 3. The Morgan fingerprint density at radius 2 is 1.44 bits per heavy atom. The molecule has 0 atom stereocenters. The SMILES string of the molecule is CN1CCC[N](C)[AlH][N](C(C)(C)C)CCC1. The van der Waals surface area contributed by atoms with Crippen LogP contribution in [0.5, 0.6) is 0 Å². The number of rotatable bonds is 0. The molecule has 16 heavy (non-hydrogen) atoms. The summed E-state index contributed by atoms with van der Waals surface area (Å²) in [5, 5.41) is 0. The molecule has 0 unspecified atom stereocenters. The second-order valence-electron chi connectivity index (χ2n) is 6.17. The zero-order valence-corrected chi connectivity index (χ0v) is 13.2. The molecule has 1 saturated heterocycles. The van der Waals surface area contributed by atoms with E-state index in [1.807, 2.05) is 0 Å². The van der Waals surface area contributed by atoms with E-state index in [1.165, 1.54) is 39.0 Å². The van der Waals surface area contributed by atoms with E-state index in [9.17, 15) is 0 Å². The summed E-state index contributed by atoms with van der Waals surface area (Å²) in [5.41, 5.74) is 0.345. The molecule has 0 radical (unpaired) electrons. The van der Waals surface area contributed by atoms with Crippen LogP contribution in [0.2, 0.25) is 0 Å². The van der Waals surface area contributed by atoms with Crippen molar-refractivity contribution >= 4 is 15.7 Å². The van der Waals surface area contributed by atoms with Crippen molar-refractivity contribution < 1.29 is 0 Å². The Hall–Kier alpha value is 0.412. The van der Waals surface area contributed by atoms with Crippen LogP contribution in [0.1, 0.15) is 33.6 Å². The van der Waals surface area contributed by atoms with Gasteiger partial charge in [0.25, 0.3) is 0 Å². The van der Waals surface area contributed by atoms with Crippen molar-refractivity contribution in [2.24, 2.45) is 0 Å². The molecule has 0 N–H and O–H groups in total. The van der Waals surface area contributed by atoms with E-state index in [1.54, 1.807) is 0 Å². The summed E-state index contributed by atoms with van der Waals surface area (Å²) in [5.74, 6) is 0. The predicted octanol–water partition coefficient (Wildman–Crippen LogP) is 1.01. The van der Waals surface area contributed by atoms with Crippen molar-refractivity contribution in [3.63, 3.8) is 0 Å². The molecule has 0 saturated carbocycles. The Bertz CT molecular complexity index is 203. The second kappa shape index (κ2) is 6.37. The molecule has 1 heterocycles. The molecule has 0 aromatic carbocycles. The highest BCUT2D eigenvalue weighted by Gasteiger charge is 2.24.